The van der Waals surface area contributed by atoms with Crippen LogP contribution in [0.5, 0.6) is 0 Å². The molecule has 0 atom stereocenters. The molecule has 0 unspecified atom stereocenters. The molecule has 18 heavy (non-hydrogen) atoms. The highest BCUT2D eigenvalue weighted by molar-refractivity contribution is 7.89. The monoisotopic (exact) mass is 266 g/mol. The van der Waals surface area contributed by atoms with Gasteiger partial charge >= 0.3 is 0 Å². The van der Waals surface area contributed by atoms with Gasteiger partial charge in [-0.15, -0.1) is 0 Å². The van der Waals surface area contributed by atoms with Gasteiger partial charge in [-0.1, -0.05) is 24.3 Å². The molecule has 0 fully saturated rings. The SMILES string of the molecule is CNCc1ccc(S(=O)(=O)N2CC=CCC2)cc1. The number of nitrogens with one attached hydrogen (secondary N) is 1. The topological polar surface area (TPSA) is 49.4 Å². The molecule has 1 N–H and O–H groups in total. The summed E-state index contributed by atoms with van der Waals surface area (Å²) < 4.78 is 26.2. The zero-order chi connectivity index (χ0) is 13.0. The lowest BCUT2D eigenvalue weighted by molar-refractivity contribution is 0.437. The maximum Gasteiger partial charge on any atom is 0.243 e. The summed E-state index contributed by atoms with van der Waals surface area (Å²) in [5.74, 6) is 0. The molecular formula is C13H18N2O2S. The van der Waals surface area contributed by atoms with E-state index in [-0.39, 0.29) is 0 Å². The molecule has 1 heterocycles. The van der Waals surface area contributed by atoms with Gasteiger partial charge in [0.15, 0.2) is 0 Å². The highest BCUT2D eigenvalue weighted by Gasteiger charge is 2.23. The third kappa shape index (κ3) is 2.80. The molecule has 0 amide bonds. The molecule has 0 saturated carbocycles. The van der Waals surface area contributed by atoms with Crippen molar-refractivity contribution in [3.8, 4) is 0 Å². The summed E-state index contributed by atoms with van der Waals surface area (Å²) in [5, 5.41) is 3.04. The zero-order valence-corrected chi connectivity index (χ0v) is 11.3. The number of sulfonamides is 1. The van der Waals surface area contributed by atoms with Gasteiger partial charge in [-0.2, -0.15) is 4.31 Å². The molecule has 1 aromatic rings. The van der Waals surface area contributed by atoms with Crippen molar-refractivity contribution < 1.29 is 8.42 Å². The van der Waals surface area contributed by atoms with Gasteiger partial charge in [0.05, 0.1) is 4.90 Å². The first-order valence-corrected chi connectivity index (χ1v) is 7.47. The van der Waals surface area contributed by atoms with Gasteiger partial charge in [0.2, 0.25) is 10.0 Å². The normalized spacial score (nSPS) is 16.9. The van der Waals surface area contributed by atoms with Crippen LogP contribution in [0.2, 0.25) is 0 Å². The fourth-order valence-corrected chi connectivity index (χ4v) is 3.38. The molecule has 0 bridgehead atoms. The van der Waals surface area contributed by atoms with E-state index < -0.39 is 10.0 Å². The Bertz CT molecular complexity index is 520. The molecule has 4 nitrogen and oxygen atoms in total. The van der Waals surface area contributed by atoms with Crippen LogP contribution < -0.4 is 5.32 Å². The Hall–Kier alpha value is -1.17. The predicted octanol–water partition coefficient (Wildman–Crippen LogP) is 1.36. The number of hydrogen-bond donors (Lipinski definition) is 1. The lowest BCUT2D eigenvalue weighted by Crippen LogP contribution is -2.33. The second-order valence-electron chi connectivity index (χ2n) is 4.30. The van der Waals surface area contributed by atoms with Gasteiger partial charge in [-0.3, -0.25) is 0 Å². The van der Waals surface area contributed by atoms with Crippen molar-refractivity contribution in [3.05, 3.63) is 42.0 Å². The van der Waals surface area contributed by atoms with E-state index in [9.17, 15) is 8.42 Å². The van der Waals surface area contributed by atoms with Crippen LogP contribution >= 0.6 is 0 Å². The Balaban J connectivity index is 2.21. The molecule has 1 aliphatic heterocycles. The number of hydrogen-bond acceptors (Lipinski definition) is 3. The average molecular weight is 266 g/mol. The van der Waals surface area contributed by atoms with Crippen LogP contribution in [0.25, 0.3) is 0 Å². The molecule has 0 saturated heterocycles. The van der Waals surface area contributed by atoms with Crippen LogP contribution in [-0.4, -0.2) is 32.9 Å². The lowest BCUT2D eigenvalue weighted by atomic mass is 10.2. The molecule has 2 rings (SSSR count). The van der Waals surface area contributed by atoms with Crippen LogP contribution in [0.15, 0.2) is 41.3 Å². The van der Waals surface area contributed by atoms with E-state index >= 15 is 0 Å². The van der Waals surface area contributed by atoms with Crippen molar-refractivity contribution in [2.75, 3.05) is 20.1 Å². The number of nitrogens with zero attached hydrogens (tertiary/aromatic N) is 1. The van der Waals surface area contributed by atoms with Crippen LogP contribution in [0.3, 0.4) is 0 Å². The largest absolute Gasteiger partial charge is 0.316 e. The summed E-state index contributed by atoms with van der Waals surface area (Å²) in [6.07, 6.45) is 4.70. The second kappa shape index (κ2) is 5.65. The molecule has 0 aromatic heterocycles. The molecular weight excluding hydrogens is 248 g/mol. The lowest BCUT2D eigenvalue weighted by Gasteiger charge is -2.22. The van der Waals surface area contributed by atoms with E-state index in [0.717, 1.165) is 18.5 Å². The number of benzene rings is 1. The molecule has 1 aliphatic rings. The van der Waals surface area contributed by atoms with Gasteiger partial charge in [0.25, 0.3) is 0 Å². The van der Waals surface area contributed by atoms with Crippen LogP contribution in [-0.2, 0) is 16.6 Å². The Labute approximate surface area is 108 Å². The summed E-state index contributed by atoms with van der Waals surface area (Å²) in [7, 11) is -1.47. The molecule has 0 radical (unpaired) electrons. The smallest absolute Gasteiger partial charge is 0.243 e. The maximum absolute atomic E-state index is 12.3. The number of rotatable bonds is 4. The van der Waals surface area contributed by atoms with Crippen molar-refractivity contribution in [3.63, 3.8) is 0 Å². The molecule has 98 valence electrons. The van der Waals surface area contributed by atoms with Crippen LogP contribution in [0, 0.1) is 0 Å². The Morgan fingerprint density at radius 3 is 2.50 bits per heavy atom. The molecule has 5 heteroatoms. The first kappa shape index (κ1) is 13.3. The van der Waals surface area contributed by atoms with Gasteiger partial charge in [0.1, 0.15) is 0 Å². The van der Waals surface area contributed by atoms with Crippen molar-refractivity contribution in [1.82, 2.24) is 9.62 Å². The summed E-state index contributed by atoms with van der Waals surface area (Å²) in [6.45, 7) is 1.78. The highest BCUT2D eigenvalue weighted by Crippen LogP contribution is 2.18. The van der Waals surface area contributed by atoms with Crippen LogP contribution in [0.4, 0.5) is 0 Å². The first-order chi connectivity index (χ1) is 8.64. The fraction of sp³-hybridized carbons (Fsp3) is 0.385. The Morgan fingerprint density at radius 2 is 1.94 bits per heavy atom. The van der Waals surface area contributed by atoms with Crippen molar-refractivity contribution in [2.24, 2.45) is 0 Å². The minimum atomic E-state index is -3.33. The van der Waals surface area contributed by atoms with Crippen molar-refractivity contribution in [1.29, 1.82) is 0 Å². The van der Waals surface area contributed by atoms with E-state index in [1.807, 2.05) is 31.3 Å². The summed E-state index contributed by atoms with van der Waals surface area (Å²) in [4.78, 5) is 0.373. The molecule has 0 spiro atoms. The van der Waals surface area contributed by atoms with Gasteiger partial charge in [-0.05, 0) is 31.2 Å². The minimum Gasteiger partial charge on any atom is -0.316 e. The van der Waals surface area contributed by atoms with Crippen molar-refractivity contribution >= 4 is 10.0 Å². The summed E-state index contributed by atoms with van der Waals surface area (Å²) >= 11 is 0. The Morgan fingerprint density at radius 1 is 1.22 bits per heavy atom. The zero-order valence-electron chi connectivity index (χ0n) is 10.5. The maximum atomic E-state index is 12.3. The highest BCUT2D eigenvalue weighted by atomic mass is 32.2. The molecule has 0 aliphatic carbocycles. The summed E-state index contributed by atoms with van der Waals surface area (Å²) in [6, 6.07) is 7.06. The predicted molar refractivity (Wildman–Crippen MR) is 71.7 cm³/mol. The van der Waals surface area contributed by atoms with E-state index in [0.29, 0.717) is 18.0 Å². The van der Waals surface area contributed by atoms with Gasteiger partial charge < -0.3 is 5.32 Å². The third-order valence-corrected chi connectivity index (χ3v) is 4.84. The van der Waals surface area contributed by atoms with Crippen molar-refractivity contribution in [2.45, 2.75) is 17.9 Å². The summed E-state index contributed by atoms with van der Waals surface area (Å²) in [5.41, 5.74) is 1.08. The van der Waals surface area contributed by atoms with E-state index in [1.54, 1.807) is 12.1 Å². The van der Waals surface area contributed by atoms with Gasteiger partial charge in [-0.25, -0.2) is 8.42 Å². The Kier molecular flexibility index (Phi) is 4.16. The van der Waals surface area contributed by atoms with Gasteiger partial charge in [0, 0.05) is 19.6 Å². The molecule has 1 aromatic carbocycles. The quantitative estimate of drug-likeness (QED) is 0.837. The van der Waals surface area contributed by atoms with E-state index in [1.165, 1.54) is 4.31 Å². The second-order valence-corrected chi connectivity index (χ2v) is 6.24. The van der Waals surface area contributed by atoms with E-state index in [4.69, 9.17) is 0 Å². The average Bonchev–Trinajstić information content (AvgIpc) is 2.41. The first-order valence-electron chi connectivity index (χ1n) is 6.03. The minimum absolute atomic E-state index is 0.373. The third-order valence-electron chi connectivity index (χ3n) is 2.96. The van der Waals surface area contributed by atoms with E-state index in [2.05, 4.69) is 5.32 Å². The van der Waals surface area contributed by atoms with Crippen LogP contribution in [0.1, 0.15) is 12.0 Å². The fourth-order valence-electron chi connectivity index (χ4n) is 1.97. The standard InChI is InChI=1S/C13H18N2O2S/c1-14-11-12-5-7-13(8-6-12)18(16,17)15-9-3-2-4-10-15/h2-3,5-8,14H,4,9-11H2,1H3.